The predicted molar refractivity (Wildman–Crippen MR) is 91.5 cm³/mol. The van der Waals surface area contributed by atoms with Crippen LogP contribution in [0.25, 0.3) is 11.2 Å². The SMILES string of the molecule is CCCc1nn(C)c2c1[nH]c(=S)n2CC1CSCCS1. The Hall–Kier alpha value is -0.400. The minimum absolute atomic E-state index is 0.656. The first-order valence-electron chi connectivity index (χ1n) is 7.04. The Morgan fingerprint density at radius 2 is 2.30 bits per heavy atom. The van der Waals surface area contributed by atoms with Crippen LogP contribution in [0.2, 0.25) is 0 Å². The van der Waals surface area contributed by atoms with E-state index in [0.29, 0.717) is 5.25 Å². The molecule has 1 atom stereocenters. The summed E-state index contributed by atoms with van der Waals surface area (Å²) in [6.07, 6.45) is 2.10. The number of H-pyrrole nitrogens is 1. The predicted octanol–water partition coefficient (Wildman–Crippen LogP) is 3.23. The summed E-state index contributed by atoms with van der Waals surface area (Å²) in [6, 6.07) is 0. The van der Waals surface area contributed by atoms with Gasteiger partial charge in [-0.15, -0.1) is 0 Å². The lowest BCUT2D eigenvalue weighted by molar-refractivity contribution is 0.660. The van der Waals surface area contributed by atoms with E-state index < -0.39 is 0 Å². The number of rotatable bonds is 4. The number of hydrogen-bond acceptors (Lipinski definition) is 4. The van der Waals surface area contributed by atoms with E-state index in [4.69, 9.17) is 12.2 Å². The quantitative estimate of drug-likeness (QED) is 0.875. The molecule has 2 aromatic rings. The molecule has 3 rings (SSSR count). The number of nitrogens with zero attached hydrogens (tertiary/aromatic N) is 3. The molecule has 1 aliphatic rings. The summed E-state index contributed by atoms with van der Waals surface area (Å²) in [5, 5.41) is 5.30. The molecule has 7 heteroatoms. The van der Waals surface area contributed by atoms with Crippen molar-refractivity contribution in [2.75, 3.05) is 17.3 Å². The number of nitrogens with one attached hydrogen (secondary N) is 1. The zero-order chi connectivity index (χ0) is 14.1. The number of aryl methyl sites for hydroxylation is 2. The maximum Gasteiger partial charge on any atom is 0.179 e. The van der Waals surface area contributed by atoms with Gasteiger partial charge in [-0.1, -0.05) is 13.3 Å². The van der Waals surface area contributed by atoms with E-state index in [1.807, 2.05) is 11.7 Å². The van der Waals surface area contributed by atoms with Crippen LogP contribution in [0.4, 0.5) is 0 Å². The van der Waals surface area contributed by atoms with Gasteiger partial charge in [-0.2, -0.15) is 28.6 Å². The maximum atomic E-state index is 5.53. The van der Waals surface area contributed by atoms with Gasteiger partial charge in [0.15, 0.2) is 10.4 Å². The molecule has 1 unspecified atom stereocenters. The molecule has 1 N–H and O–H groups in total. The minimum atomic E-state index is 0.656. The van der Waals surface area contributed by atoms with Gasteiger partial charge in [-0.25, -0.2) is 0 Å². The molecule has 0 aromatic carbocycles. The molecule has 0 bridgehead atoms. The molecular formula is C13H20N4S3. The van der Waals surface area contributed by atoms with Gasteiger partial charge >= 0.3 is 0 Å². The van der Waals surface area contributed by atoms with Gasteiger partial charge in [0.05, 0.1) is 5.69 Å². The Bertz CT molecular complexity index is 648. The van der Waals surface area contributed by atoms with Gasteiger partial charge in [0, 0.05) is 36.1 Å². The molecule has 0 amide bonds. The van der Waals surface area contributed by atoms with E-state index in [9.17, 15) is 0 Å². The van der Waals surface area contributed by atoms with Crippen LogP contribution in [0.3, 0.4) is 0 Å². The van der Waals surface area contributed by atoms with E-state index in [-0.39, 0.29) is 0 Å². The number of aromatic nitrogens is 4. The Labute approximate surface area is 132 Å². The molecule has 0 spiro atoms. The van der Waals surface area contributed by atoms with Crippen molar-refractivity contribution in [3.63, 3.8) is 0 Å². The second-order valence-electron chi connectivity index (χ2n) is 5.13. The highest BCUT2D eigenvalue weighted by Gasteiger charge is 2.20. The van der Waals surface area contributed by atoms with Crippen molar-refractivity contribution in [3.05, 3.63) is 10.5 Å². The zero-order valence-electron chi connectivity index (χ0n) is 11.9. The number of aromatic amines is 1. The highest BCUT2D eigenvalue weighted by molar-refractivity contribution is 8.06. The monoisotopic (exact) mass is 328 g/mol. The van der Waals surface area contributed by atoms with Crippen molar-refractivity contribution in [2.24, 2.45) is 7.05 Å². The van der Waals surface area contributed by atoms with Crippen LogP contribution < -0.4 is 0 Å². The van der Waals surface area contributed by atoms with E-state index >= 15 is 0 Å². The summed E-state index contributed by atoms with van der Waals surface area (Å²) >= 11 is 9.65. The molecule has 0 radical (unpaired) electrons. The van der Waals surface area contributed by atoms with Gasteiger partial charge in [0.25, 0.3) is 0 Å². The van der Waals surface area contributed by atoms with Crippen molar-refractivity contribution >= 4 is 46.9 Å². The van der Waals surface area contributed by atoms with E-state index in [1.54, 1.807) is 0 Å². The van der Waals surface area contributed by atoms with E-state index in [0.717, 1.165) is 41.0 Å². The standard InChI is InChI=1S/C13H20N4S3/c1-3-4-10-11-12(16(2)15-10)17(13(18)14-11)7-9-8-19-5-6-20-9/h9H,3-8H2,1-2H3,(H,14,18). The van der Waals surface area contributed by atoms with Gasteiger partial charge in [0.2, 0.25) is 0 Å². The molecule has 110 valence electrons. The lowest BCUT2D eigenvalue weighted by Gasteiger charge is -2.21. The summed E-state index contributed by atoms with van der Waals surface area (Å²) in [6.45, 7) is 3.17. The number of thioether (sulfide) groups is 2. The lowest BCUT2D eigenvalue weighted by atomic mass is 10.2. The number of hydrogen-bond donors (Lipinski definition) is 1. The fourth-order valence-corrected chi connectivity index (χ4v) is 5.62. The Morgan fingerprint density at radius 3 is 3.00 bits per heavy atom. The molecule has 3 heterocycles. The third kappa shape index (κ3) is 2.67. The Balaban J connectivity index is 1.97. The molecule has 20 heavy (non-hydrogen) atoms. The molecule has 1 aliphatic heterocycles. The van der Waals surface area contributed by atoms with Crippen LogP contribution in [0, 0.1) is 4.77 Å². The first-order chi connectivity index (χ1) is 9.70. The number of fused-ring (bicyclic) bond motifs is 1. The Kier molecular flexibility index (Phi) is 4.47. The third-order valence-electron chi connectivity index (χ3n) is 3.58. The van der Waals surface area contributed by atoms with Crippen molar-refractivity contribution in [1.82, 2.24) is 19.3 Å². The smallest absolute Gasteiger partial charge is 0.179 e. The second-order valence-corrected chi connectivity index (χ2v) is 8.07. The third-order valence-corrected chi connectivity index (χ3v) is 6.73. The fraction of sp³-hybridized carbons (Fsp3) is 0.692. The average molecular weight is 329 g/mol. The van der Waals surface area contributed by atoms with Crippen molar-refractivity contribution in [3.8, 4) is 0 Å². The maximum absolute atomic E-state index is 5.53. The molecule has 0 aliphatic carbocycles. The van der Waals surface area contributed by atoms with Crippen molar-refractivity contribution in [2.45, 2.75) is 31.6 Å². The molecular weight excluding hydrogens is 308 g/mol. The van der Waals surface area contributed by atoms with E-state index in [2.05, 4.69) is 45.1 Å². The van der Waals surface area contributed by atoms with Gasteiger partial charge in [-0.05, 0) is 18.6 Å². The van der Waals surface area contributed by atoms with Gasteiger partial charge < -0.3 is 9.55 Å². The van der Waals surface area contributed by atoms with Crippen LogP contribution in [0.15, 0.2) is 0 Å². The van der Waals surface area contributed by atoms with Crippen LogP contribution in [-0.2, 0) is 20.0 Å². The van der Waals surface area contributed by atoms with Crippen LogP contribution in [0.1, 0.15) is 19.0 Å². The highest BCUT2D eigenvalue weighted by atomic mass is 32.2. The first-order valence-corrected chi connectivity index (χ1v) is 9.65. The molecule has 1 fully saturated rings. The number of imidazole rings is 1. The fourth-order valence-electron chi connectivity index (χ4n) is 2.70. The van der Waals surface area contributed by atoms with Gasteiger partial charge in [-0.3, -0.25) is 4.68 Å². The summed E-state index contributed by atoms with van der Waals surface area (Å²) in [5.74, 6) is 3.75. The van der Waals surface area contributed by atoms with Crippen LogP contribution in [0.5, 0.6) is 0 Å². The molecule has 2 aromatic heterocycles. The Morgan fingerprint density at radius 1 is 1.45 bits per heavy atom. The van der Waals surface area contributed by atoms with Gasteiger partial charge in [0.1, 0.15) is 5.52 Å². The molecule has 4 nitrogen and oxygen atoms in total. The van der Waals surface area contributed by atoms with Crippen LogP contribution >= 0.6 is 35.7 Å². The topological polar surface area (TPSA) is 38.5 Å². The largest absolute Gasteiger partial charge is 0.328 e. The van der Waals surface area contributed by atoms with E-state index in [1.165, 1.54) is 17.3 Å². The summed E-state index contributed by atoms with van der Waals surface area (Å²) < 4.78 is 5.05. The minimum Gasteiger partial charge on any atom is -0.328 e. The normalized spacial score (nSPS) is 19.8. The molecule has 1 saturated heterocycles. The summed E-state index contributed by atoms with van der Waals surface area (Å²) in [4.78, 5) is 3.37. The highest BCUT2D eigenvalue weighted by Crippen LogP contribution is 2.27. The zero-order valence-corrected chi connectivity index (χ0v) is 14.3. The van der Waals surface area contributed by atoms with Crippen LogP contribution in [-0.4, -0.2) is 41.8 Å². The van der Waals surface area contributed by atoms with Crippen molar-refractivity contribution < 1.29 is 0 Å². The summed E-state index contributed by atoms with van der Waals surface area (Å²) in [5.41, 5.74) is 3.42. The molecule has 0 saturated carbocycles. The lowest BCUT2D eigenvalue weighted by Crippen LogP contribution is -2.21. The summed E-state index contributed by atoms with van der Waals surface area (Å²) in [7, 11) is 2.02. The second kappa shape index (κ2) is 6.15. The van der Waals surface area contributed by atoms with Crippen molar-refractivity contribution in [1.29, 1.82) is 0 Å². The average Bonchev–Trinajstić information content (AvgIpc) is 2.91. The first kappa shape index (κ1) is 14.5.